The summed E-state index contributed by atoms with van der Waals surface area (Å²) in [5, 5.41) is 2.45. The smallest absolute Gasteiger partial charge is 0.128 e. The molecule has 0 N–H and O–H groups in total. The zero-order valence-corrected chi connectivity index (χ0v) is 18.0. The maximum absolute atomic E-state index is 6.21. The second kappa shape index (κ2) is 9.67. The lowest BCUT2D eigenvalue weighted by molar-refractivity contribution is 0.122. The second-order valence-electron chi connectivity index (χ2n) is 7.84. The van der Waals surface area contributed by atoms with E-state index in [0.717, 1.165) is 43.3 Å². The molecule has 32 heavy (non-hydrogen) atoms. The van der Waals surface area contributed by atoms with Crippen LogP contribution in [0.5, 0.6) is 5.75 Å². The molecule has 1 aliphatic heterocycles. The van der Waals surface area contributed by atoms with Gasteiger partial charge in [-0.3, -0.25) is 4.99 Å². The van der Waals surface area contributed by atoms with E-state index in [2.05, 4.69) is 76.6 Å². The van der Waals surface area contributed by atoms with Gasteiger partial charge in [-0.25, -0.2) is 0 Å². The second-order valence-corrected chi connectivity index (χ2v) is 7.84. The first-order chi connectivity index (χ1) is 15.9. The molecule has 4 aromatic rings. The maximum Gasteiger partial charge on any atom is 0.128 e. The Labute approximate surface area is 188 Å². The molecule has 0 bridgehead atoms. The van der Waals surface area contributed by atoms with Crippen molar-refractivity contribution in [3.63, 3.8) is 0 Å². The summed E-state index contributed by atoms with van der Waals surface area (Å²) in [5.74, 6) is 0.828. The first-order valence-electron chi connectivity index (χ1n) is 11.0. The van der Waals surface area contributed by atoms with Crippen molar-refractivity contribution >= 4 is 28.4 Å². The number of morpholine rings is 1. The van der Waals surface area contributed by atoms with E-state index in [-0.39, 0.29) is 0 Å². The lowest BCUT2D eigenvalue weighted by atomic mass is 10.1. The van der Waals surface area contributed by atoms with Gasteiger partial charge < -0.3 is 14.4 Å². The number of hydrogen-bond acceptors (Lipinski definition) is 4. The van der Waals surface area contributed by atoms with Gasteiger partial charge in [0.25, 0.3) is 0 Å². The molecule has 1 heterocycles. The summed E-state index contributed by atoms with van der Waals surface area (Å²) in [6, 6.07) is 31.1. The SMILES string of the molecule is C(=Nc1ccc(N2CCOCC2)cc1)c1ccccc1OCc1cccc2ccccc12. The quantitative estimate of drug-likeness (QED) is 0.357. The van der Waals surface area contributed by atoms with Gasteiger partial charge in [0.2, 0.25) is 0 Å². The van der Waals surface area contributed by atoms with Crippen LogP contribution in [0.4, 0.5) is 11.4 Å². The monoisotopic (exact) mass is 422 g/mol. The molecule has 0 spiro atoms. The van der Waals surface area contributed by atoms with Crippen molar-refractivity contribution in [2.24, 2.45) is 4.99 Å². The average molecular weight is 423 g/mol. The van der Waals surface area contributed by atoms with Crippen LogP contribution in [0.25, 0.3) is 10.8 Å². The van der Waals surface area contributed by atoms with E-state index in [4.69, 9.17) is 9.47 Å². The van der Waals surface area contributed by atoms with Crippen molar-refractivity contribution < 1.29 is 9.47 Å². The van der Waals surface area contributed by atoms with E-state index in [1.54, 1.807) is 0 Å². The number of fused-ring (bicyclic) bond motifs is 1. The number of hydrogen-bond donors (Lipinski definition) is 0. The third-order valence-corrected chi connectivity index (χ3v) is 5.76. The Morgan fingerprint density at radius 1 is 0.812 bits per heavy atom. The van der Waals surface area contributed by atoms with Gasteiger partial charge in [-0.1, -0.05) is 54.6 Å². The molecule has 5 rings (SSSR count). The standard InChI is InChI=1S/C28H26N2O2/c1-3-10-27-22(6-1)8-5-9-24(27)21-32-28-11-4-2-7-23(28)20-29-25-12-14-26(15-13-25)30-16-18-31-19-17-30/h1-15,20H,16-19,21H2. The minimum Gasteiger partial charge on any atom is -0.488 e. The molecule has 0 unspecified atom stereocenters. The Bertz CT molecular complexity index is 1210. The van der Waals surface area contributed by atoms with E-state index in [0.29, 0.717) is 6.61 Å². The summed E-state index contributed by atoms with van der Waals surface area (Å²) in [7, 11) is 0. The zero-order chi connectivity index (χ0) is 21.6. The maximum atomic E-state index is 6.21. The molecule has 4 heteroatoms. The Morgan fingerprint density at radius 3 is 2.44 bits per heavy atom. The Morgan fingerprint density at radius 2 is 1.56 bits per heavy atom. The largest absolute Gasteiger partial charge is 0.488 e. The van der Waals surface area contributed by atoms with Gasteiger partial charge in [0, 0.05) is 30.6 Å². The summed E-state index contributed by atoms with van der Waals surface area (Å²) >= 11 is 0. The summed E-state index contributed by atoms with van der Waals surface area (Å²) in [6.45, 7) is 3.96. The molecule has 0 saturated carbocycles. The van der Waals surface area contributed by atoms with E-state index < -0.39 is 0 Å². The van der Waals surface area contributed by atoms with Gasteiger partial charge in [0.15, 0.2) is 0 Å². The third kappa shape index (κ3) is 4.66. The van der Waals surface area contributed by atoms with Crippen molar-refractivity contribution in [2.75, 3.05) is 31.2 Å². The summed E-state index contributed by atoms with van der Waals surface area (Å²) in [5.41, 5.74) is 4.27. The Kier molecular flexibility index (Phi) is 6.13. The molecule has 4 aromatic carbocycles. The molecular weight excluding hydrogens is 396 g/mol. The minimum atomic E-state index is 0.514. The van der Waals surface area contributed by atoms with Crippen LogP contribution in [0.2, 0.25) is 0 Å². The summed E-state index contributed by atoms with van der Waals surface area (Å²) in [6.07, 6.45) is 1.88. The van der Waals surface area contributed by atoms with Gasteiger partial charge in [-0.05, 0) is 52.7 Å². The number of ether oxygens (including phenoxy) is 2. The highest BCUT2D eigenvalue weighted by molar-refractivity contribution is 5.86. The van der Waals surface area contributed by atoms with Crippen LogP contribution < -0.4 is 9.64 Å². The fourth-order valence-electron chi connectivity index (χ4n) is 4.01. The third-order valence-electron chi connectivity index (χ3n) is 5.76. The number of rotatable bonds is 6. The topological polar surface area (TPSA) is 34.1 Å². The van der Waals surface area contributed by atoms with Gasteiger partial charge >= 0.3 is 0 Å². The van der Waals surface area contributed by atoms with Crippen LogP contribution in [0, 0.1) is 0 Å². The molecule has 0 aliphatic carbocycles. The molecule has 1 fully saturated rings. The Balaban J connectivity index is 1.29. The van der Waals surface area contributed by atoms with Crippen molar-refractivity contribution in [3.8, 4) is 5.75 Å². The summed E-state index contributed by atoms with van der Waals surface area (Å²) in [4.78, 5) is 7.02. The summed E-state index contributed by atoms with van der Waals surface area (Å²) < 4.78 is 11.6. The number of para-hydroxylation sites is 1. The zero-order valence-electron chi connectivity index (χ0n) is 18.0. The lowest BCUT2D eigenvalue weighted by Crippen LogP contribution is -2.36. The molecule has 0 radical (unpaired) electrons. The molecule has 1 saturated heterocycles. The van der Waals surface area contributed by atoms with Gasteiger partial charge in [-0.15, -0.1) is 0 Å². The highest BCUT2D eigenvalue weighted by Gasteiger charge is 2.10. The fraction of sp³-hybridized carbons (Fsp3) is 0.179. The van der Waals surface area contributed by atoms with Gasteiger partial charge in [0.1, 0.15) is 12.4 Å². The fourth-order valence-corrected chi connectivity index (χ4v) is 4.01. The van der Waals surface area contributed by atoms with E-state index in [1.165, 1.54) is 22.0 Å². The Hall–Kier alpha value is -3.63. The van der Waals surface area contributed by atoms with E-state index >= 15 is 0 Å². The van der Waals surface area contributed by atoms with Crippen LogP contribution in [0.3, 0.4) is 0 Å². The van der Waals surface area contributed by atoms with E-state index in [9.17, 15) is 0 Å². The number of anilines is 1. The van der Waals surface area contributed by atoms with Gasteiger partial charge in [0.05, 0.1) is 18.9 Å². The molecule has 160 valence electrons. The van der Waals surface area contributed by atoms with Crippen LogP contribution in [-0.2, 0) is 11.3 Å². The molecule has 0 atom stereocenters. The predicted octanol–water partition coefficient (Wildman–Crippen LogP) is 6.01. The molecule has 4 nitrogen and oxygen atoms in total. The number of benzene rings is 4. The van der Waals surface area contributed by atoms with Crippen LogP contribution >= 0.6 is 0 Å². The highest BCUT2D eigenvalue weighted by Crippen LogP contribution is 2.24. The van der Waals surface area contributed by atoms with Crippen LogP contribution in [0.1, 0.15) is 11.1 Å². The lowest BCUT2D eigenvalue weighted by Gasteiger charge is -2.28. The molecule has 0 aromatic heterocycles. The normalized spacial score (nSPS) is 14.2. The molecular formula is C28H26N2O2. The van der Waals surface area contributed by atoms with Crippen LogP contribution in [-0.4, -0.2) is 32.5 Å². The number of nitrogens with zero attached hydrogens (tertiary/aromatic N) is 2. The van der Waals surface area contributed by atoms with Crippen molar-refractivity contribution in [1.82, 2.24) is 0 Å². The first-order valence-corrected chi connectivity index (χ1v) is 11.0. The average Bonchev–Trinajstić information content (AvgIpc) is 2.87. The van der Waals surface area contributed by atoms with Crippen molar-refractivity contribution in [2.45, 2.75) is 6.61 Å². The van der Waals surface area contributed by atoms with Crippen molar-refractivity contribution in [3.05, 3.63) is 102 Å². The van der Waals surface area contributed by atoms with E-state index in [1.807, 2.05) is 30.5 Å². The predicted molar refractivity (Wildman–Crippen MR) is 131 cm³/mol. The molecule has 0 amide bonds. The first kappa shape index (κ1) is 20.3. The molecule has 1 aliphatic rings. The van der Waals surface area contributed by atoms with Crippen molar-refractivity contribution in [1.29, 1.82) is 0 Å². The van der Waals surface area contributed by atoms with Crippen LogP contribution in [0.15, 0.2) is 96.0 Å². The minimum absolute atomic E-state index is 0.514. The number of aliphatic imine (C=N–C) groups is 1. The highest BCUT2D eigenvalue weighted by atomic mass is 16.5. The van der Waals surface area contributed by atoms with Gasteiger partial charge in [-0.2, -0.15) is 0 Å².